The molecule has 1 aromatic heterocycles. The fourth-order valence-electron chi connectivity index (χ4n) is 4.68. The largest absolute Gasteiger partial charge is 0.493 e. The summed E-state index contributed by atoms with van der Waals surface area (Å²) in [6.07, 6.45) is 9.13. The van der Waals surface area contributed by atoms with Gasteiger partial charge in [0.25, 0.3) is 0 Å². The van der Waals surface area contributed by atoms with Crippen LogP contribution < -0.4 is 14.4 Å². The lowest BCUT2D eigenvalue weighted by molar-refractivity contribution is 0.0983. The summed E-state index contributed by atoms with van der Waals surface area (Å²) in [6, 6.07) is 6.14. The van der Waals surface area contributed by atoms with Crippen LogP contribution in [0.4, 0.5) is 5.82 Å². The van der Waals surface area contributed by atoms with Gasteiger partial charge in [0, 0.05) is 49.6 Å². The molecule has 0 bridgehead atoms. The van der Waals surface area contributed by atoms with E-state index in [0.29, 0.717) is 5.41 Å². The van der Waals surface area contributed by atoms with Gasteiger partial charge >= 0.3 is 0 Å². The van der Waals surface area contributed by atoms with Gasteiger partial charge in [-0.05, 0) is 31.9 Å². The first-order valence-electron chi connectivity index (χ1n) is 9.66. The molecule has 0 aliphatic carbocycles. The summed E-state index contributed by atoms with van der Waals surface area (Å²) in [4.78, 5) is 13.7. The molecule has 2 saturated heterocycles. The first-order valence-corrected chi connectivity index (χ1v) is 9.66. The van der Waals surface area contributed by atoms with E-state index in [1.165, 1.54) is 24.8 Å². The standard InChI is InChI=1S/C21H28N4O2/c1-26-18-6-3-5-17(20(18)27-2)14-24-11-4-7-21(15-24)8-12-25(16-21)19-13-22-9-10-23-19/h3,5-6,9-10,13H,4,7-8,11-12,14-16H2,1-2H3. The number of hydrogen-bond donors (Lipinski definition) is 0. The maximum Gasteiger partial charge on any atom is 0.165 e. The van der Waals surface area contributed by atoms with E-state index in [2.05, 4.69) is 25.8 Å². The number of ether oxygens (including phenoxy) is 2. The number of rotatable bonds is 5. The second kappa shape index (κ2) is 7.72. The number of nitrogens with zero attached hydrogens (tertiary/aromatic N) is 4. The molecular formula is C21H28N4O2. The van der Waals surface area contributed by atoms with Crippen molar-refractivity contribution in [2.24, 2.45) is 5.41 Å². The molecule has 1 aromatic carbocycles. The Morgan fingerprint density at radius 1 is 1.07 bits per heavy atom. The molecule has 4 rings (SSSR count). The van der Waals surface area contributed by atoms with E-state index in [9.17, 15) is 0 Å². The Bertz CT molecular complexity index is 770. The smallest absolute Gasteiger partial charge is 0.165 e. The molecule has 1 unspecified atom stereocenters. The molecule has 2 aliphatic rings. The Labute approximate surface area is 161 Å². The summed E-state index contributed by atoms with van der Waals surface area (Å²) in [6.45, 7) is 5.27. The number of hydrogen-bond acceptors (Lipinski definition) is 6. The molecule has 2 aliphatic heterocycles. The zero-order chi connectivity index (χ0) is 18.7. The monoisotopic (exact) mass is 368 g/mol. The Morgan fingerprint density at radius 3 is 2.78 bits per heavy atom. The summed E-state index contributed by atoms with van der Waals surface area (Å²) in [7, 11) is 3.41. The quantitative estimate of drug-likeness (QED) is 0.809. The summed E-state index contributed by atoms with van der Waals surface area (Å²) < 4.78 is 11.1. The number of methoxy groups -OCH3 is 2. The van der Waals surface area contributed by atoms with Crippen LogP contribution in [-0.2, 0) is 6.54 Å². The summed E-state index contributed by atoms with van der Waals surface area (Å²) in [5.41, 5.74) is 1.54. The lowest BCUT2D eigenvalue weighted by atomic mass is 9.79. The van der Waals surface area contributed by atoms with E-state index in [1.54, 1.807) is 26.6 Å². The predicted molar refractivity (Wildman–Crippen MR) is 105 cm³/mol. The lowest BCUT2D eigenvalue weighted by Gasteiger charge is -2.40. The summed E-state index contributed by atoms with van der Waals surface area (Å²) in [5.74, 6) is 2.66. The first kappa shape index (κ1) is 18.0. The highest BCUT2D eigenvalue weighted by Crippen LogP contribution is 2.41. The van der Waals surface area contributed by atoms with Gasteiger partial charge in [0.2, 0.25) is 0 Å². The summed E-state index contributed by atoms with van der Waals surface area (Å²) in [5, 5.41) is 0. The number of para-hydroxylation sites is 1. The van der Waals surface area contributed by atoms with Crippen LogP contribution in [0, 0.1) is 5.41 Å². The van der Waals surface area contributed by atoms with Crippen molar-refractivity contribution in [3.63, 3.8) is 0 Å². The molecule has 1 spiro atoms. The fourth-order valence-corrected chi connectivity index (χ4v) is 4.68. The topological polar surface area (TPSA) is 50.7 Å². The van der Waals surface area contributed by atoms with Crippen molar-refractivity contribution in [3.05, 3.63) is 42.4 Å². The van der Waals surface area contributed by atoms with E-state index in [1.807, 2.05) is 18.3 Å². The highest BCUT2D eigenvalue weighted by atomic mass is 16.5. The minimum Gasteiger partial charge on any atom is -0.493 e. The molecule has 0 saturated carbocycles. The fraction of sp³-hybridized carbons (Fsp3) is 0.524. The van der Waals surface area contributed by atoms with Gasteiger partial charge in [-0.25, -0.2) is 4.98 Å². The maximum atomic E-state index is 5.63. The van der Waals surface area contributed by atoms with Crippen molar-refractivity contribution in [2.75, 3.05) is 45.3 Å². The molecule has 0 amide bonds. The van der Waals surface area contributed by atoms with Crippen molar-refractivity contribution < 1.29 is 9.47 Å². The van der Waals surface area contributed by atoms with Gasteiger partial charge in [-0.3, -0.25) is 9.88 Å². The minimum atomic E-state index is 0.349. The normalized spacial score (nSPS) is 23.0. The van der Waals surface area contributed by atoms with Crippen LogP contribution in [0.5, 0.6) is 11.5 Å². The zero-order valence-corrected chi connectivity index (χ0v) is 16.2. The molecular weight excluding hydrogens is 340 g/mol. The van der Waals surface area contributed by atoms with Gasteiger partial charge in [-0.2, -0.15) is 0 Å². The van der Waals surface area contributed by atoms with E-state index >= 15 is 0 Å². The second-order valence-electron chi connectivity index (χ2n) is 7.70. The second-order valence-corrected chi connectivity index (χ2v) is 7.70. The highest BCUT2D eigenvalue weighted by molar-refractivity contribution is 5.46. The van der Waals surface area contributed by atoms with E-state index < -0.39 is 0 Å². The lowest BCUT2D eigenvalue weighted by Crippen LogP contribution is -2.44. The highest BCUT2D eigenvalue weighted by Gasteiger charge is 2.41. The average Bonchev–Trinajstić information content (AvgIpc) is 3.11. The predicted octanol–water partition coefficient (Wildman–Crippen LogP) is 2.99. The van der Waals surface area contributed by atoms with Gasteiger partial charge in [0.1, 0.15) is 5.82 Å². The Balaban J connectivity index is 1.46. The number of anilines is 1. The maximum absolute atomic E-state index is 5.63. The van der Waals surface area contributed by atoms with Gasteiger partial charge in [-0.1, -0.05) is 12.1 Å². The third-order valence-electron chi connectivity index (χ3n) is 5.93. The van der Waals surface area contributed by atoms with Gasteiger partial charge in [-0.15, -0.1) is 0 Å². The molecule has 6 heteroatoms. The van der Waals surface area contributed by atoms with Crippen LogP contribution in [0.15, 0.2) is 36.8 Å². The van der Waals surface area contributed by atoms with Crippen LogP contribution in [-0.4, -0.2) is 55.3 Å². The van der Waals surface area contributed by atoms with Gasteiger partial charge in [0.15, 0.2) is 11.5 Å². The van der Waals surface area contributed by atoms with Crippen LogP contribution in [0.1, 0.15) is 24.8 Å². The molecule has 0 N–H and O–H groups in total. The van der Waals surface area contributed by atoms with E-state index in [-0.39, 0.29) is 0 Å². The zero-order valence-electron chi connectivity index (χ0n) is 16.2. The average molecular weight is 368 g/mol. The number of likely N-dealkylation sites (tertiary alicyclic amines) is 1. The molecule has 27 heavy (non-hydrogen) atoms. The van der Waals surface area contributed by atoms with Crippen LogP contribution in [0.25, 0.3) is 0 Å². The number of aromatic nitrogens is 2. The molecule has 2 aromatic rings. The minimum absolute atomic E-state index is 0.349. The first-order chi connectivity index (χ1) is 13.2. The summed E-state index contributed by atoms with van der Waals surface area (Å²) >= 11 is 0. The van der Waals surface area contributed by atoms with E-state index in [4.69, 9.17) is 9.47 Å². The van der Waals surface area contributed by atoms with Crippen molar-refractivity contribution in [1.29, 1.82) is 0 Å². The van der Waals surface area contributed by atoms with Crippen LogP contribution in [0.2, 0.25) is 0 Å². The number of piperidine rings is 1. The number of benzene rings is 1. The third-order valence-corrected chi connectivity index (χ3v) is 5.93. The van der Waals surface area contributed by atoms with Crippen LogP contribution in [0.3, 0.4) is 0 Å². The molecule has 3 heterocycles. The van der Waals surface area contributed by atoms with E-state index in [0.717, 1.165) is 50.0 Å². The van der Waals surface area contributed by atoms with Crippen molar-refractivity contribution in [3.8, 4) is 11.5 Å². The SMILES string of the molecule is COc1cccc(CN2CCCC3(CCN(c4cnccn4)C3)C2)c1OC. The molecule has 0 radical (unpaired) electrons. The van der Waals surface area contributed by atoms with Crippen molar-refractivity contribution >= 4 is 5.82 Å². The Hall–Kier alpha value is -2.34. The third kappa shape index (κ3) is 3.72. The van der Waals surface area contributed by atoms with Gasteiger partial charge < -0.3 is 14.4 Å². The molecule has 2 fully saturated rings. The molecule has 6 nitrogen and oxygen atoms in total. The van der Waals surface area contributed by atoms with Crippen molar-refractivity contribution in [1.82, 2.24) is 14.9 Å². The van der Waals surface area contributed by atoms with Crippen LogP contribution >= 0.6 is 0 Å². The Kier molecular flexibility index (Phi) is 5.16. The Morgan fingerprint density at radius 2 is 2.00 bits per heavy atom. The van der Waals surface area contributed by atoms with Gasteiger partial charge in [0.05, 0.1) is 20.4 Å². The van der Waals surface area contributed by atoms with Crippen molar-refractivity contribution in [2.45, 2.75) is 25.8 Å². The molecule has 1 atom stereocenters. The molecule has 144 valence electrons.